The first-order valence-electron chi connectivity index (χ1n) is 5.99. The molecular weight excluding hydrogens is 201 g/mol. The van der Waals surface area contributed by atoms with Crippen LogP contribution in [0.2, 0.25) is 0 Å². The summed E-state index contributed by atoms with van der Waals surface area (Å²) in [5.41, 5.74) is 0. The molecule has 0 saturated heterocycles. The Morgan fingerprint density at radius 3 is 1.80 bits per heavy atom. The van der Waals surface area contributed by atoms with Crippen LogP contribution in [0, 0.1) is 17.8 Å². The summed E-state index contributed by atoms with van der Waals surface area (Å²) in [5.74, 6) is -1.03. The van der Waals surface area contributed by atoms with Crippen LogP contribution in [0.25, 0.3) is 0 Å². The fourth-order valence-electron chi connectivity index (χ4n) is 2.36. The second kappa shape index (κ2) is 6.39. The van der Waals surface area contributed by atoms with Crippen LogP contribution in [0.15, 0.2) is 0 Å². The van der Waals surface area contributed by atoms with Crippen molar-refractivity contribution in [1.82, 2.24) is 0 Å². The highest BCUT2D eigenvalue weighted by atomic mass is 19.4. The monoisotopic (exact) mass is 224 g/mol. The maximum atomic E-state index is 12.6. The molecule has 1 aliphatic carbocycles. The van der Waals surface area contributed by atoms with E-state index in [1.165, 1.54) is 0 Å². The van der Waals surface area contributed by atoms with Crippen LogP contribution in [-0.2, 0) is 0 Å². The molecule has 0 amide bonds. The Kier molecular flexibility index (Phi) is 6.30. The molecule has 0 spiro atoms. The minimum atomic E-state index is -3.98. The average Bonchev–Trinajstić information content (AvgIpc) is 2.19. The Labute approximate surface area is 91.3 Å². The van der Waals surface area contributed by atoms with Crippen LogP contribution in [0.5, 0.6) is 0 Å². The van der Waals surface area contributed by atoms with Gasteiger partial charge in [-0.2, -0.15) is 13.2 Å². The van der Waals surface area contributed by atoms with Crippen LogP contribution in [0.1, 0.15) is 53.4 Å². The zero-order valence-corrected chi connectivity index (χ0v) is 10.2. The molecule has 0 heterocycles. The van der Waals surface area contributed by atoms with Gasteiger partial charge in [0.05, 0.1) is 5.92 Å². The molecule has 0 aliphatic heterocycles. The van der Waals surface area contributed by atoms with Crippen LogP contribution in [0.3, 0.4) is 0 Å². The third kappa shape index (κ3) is 4.43. The lowest BCUT2D eigenvalue weighted by Crippen LogP contribution is -2.35. The van der Waals surface area contributed by atoms with Crippen molar-refractivity contribution in [3.63, 3.8) is 0 Å². The van der Waals surface area contributed by atoms with E-state index >= 15 is 0 Å². The van der Waals surface area contributed by atoms with E-state index in [4.69, 9.17) is 0 Å². The lowest BCUT2D eigenvalue weighted by atomic mass is 9.73. The zero-order chi connectivity index (χ0) is 12.1. The summed E-state index contributed by atoms with van der Waals surface area (Å²) in [6, 6.07) is 0. The first-order chi connectivity index (χ1) is 6.93. The lowest BCUT2D eigenvalue weighted by Gasteiger charge is -2.35. The van der Waals surface area contributed by atoms with Crippen LogP contribution in [0.4, 0.5) is 13.2 Å². The molecule has 2 atom stereocenters. The van der Waals surface area contributed by atoms with E-state index in [0.29, 0.717) is 6.42 Å². The maximum absolute atomic E-state index is 12.6. The third-order valence-corrected chi connectivity index (χ3v) is 3.10. The van der Waals surface area contributed by atoms with Crippen molar-refractivity contribution >= 4 is 0 Å². The van der Waals surface area contributed by atoms with Crippen LogP contribution < -0.4 is 0 Å². The summed E-state index contributed by atoms with van der Waals surface area (Å²) in [6.45, 7) is 7.80. The molecular formula is C12H23F3. The predicted octanol–water partition coefficient (Wildman–Crippen LogP) is 5.04. The van der Waals surface area contributed by atoms with E-state index in [2.05, 4.69) is 0 Å². The molecule has 1 fully saturated rings. The topological polar surface area (TPSA) is 0 Å². The molecule has 15 heavy (non-hydrogen) atoms. The highest BCUT2D eigenvalue weighted by Crippen LogP contribution is 2.44. The van der Waals surface area contributed by atoms with Crippen molar-refractivity contribution < 1.29 is 13.2 Å². The summed E-state index contributed by atoms with van der Waals surface area (Å²) in [6.07, 6.45) is -1.17. The van der Waals surface area contributed by atoms with Gasteiger partial charge in [-0.05, 0) is 24.7 Å². The Morgan fingerprint density at radius 2 is 1.47 bits per heavy atom. The van der Waals surface area contributed by atoms with Gasteiger partial charge in [0.2, 0.25) is 0 Å². The van der Waals surface area contributed by atoms with Crippen LogP contribution in [-0.4, -0.2) is 6.18 Å². The molecule has 0 radical (unpaired) electrons. The molecule has 0 N–H and O–H groups in total. The van der Waals surface area contributed by atoms with Gasteiger partial charge in [-0.3, -0.25) is 0 Å². The summed E-state index contributed by atoms with van der Waals surface area (Å²) >= 11 is 0. The van der Waals surface area contributed by atoms with Crippen molar-refractivity contribution in [3.8, 4) is 0 Å². The highest BCUT2D eigenvalue weighted by Gasteiger charge is 2.45. The zero-order valence-electron chi connectivity index (χ0n) is 10.2. The largest absolute Gasteiger partial charge is 0.392 e. The van der Waals surface area contributed by atoms with Gasteiger partial charge >= 0.3 is 6.18 Å². The quantitative estimate of drug-likeness (QED) is 0.585. The number of hydrogen-bond acceptors (Lipinski definition) is 0. The van der Waals surface area contributed by atoms with Gasteiger partial charge in [0.25, 0.3) is 0 Å². The summed E-state index contributed by atoms with van der Waals surface area (Å²) in [5, 5.41) is 0. The van der Waals surface area contributed by atoms with Crippen molar-refractivity contribution in [2.24, 2.45) is 17.8 Å². The van der Waals surface area contributed by atoms with Crippen molar-refractivity contribution in [3.05, 3.63) is 0 Å². The second-order valence-electron chi connectivity index (χ2n) is 4.34. The van der Waals surface area contributed by atoms with Gasteiger partial charge in [-0.25, -0.2) is 0 Å². The van der Waals surface area contributed by atoms with E-state index in [0.717, 1.165) is 19.3 Å². The average molecular weight is 224 g/mol. The highest BCUT2D eigenvalue weighted by molar-refractivity contribution is 4.82. The Bertz CT molecular complexity index is 161. The number of alkyl halides is 3. The van der Waals surface area contributed by atoms with E-state index < -0.39 is 12.1 Å². The lowest BCUT2D eigenvalue weighted by molar-refractivity contribution is -0.200. The number of hydrogen-bond donors (Lipinski definition) is 0. The predicted molar refractivity (Wildman–Crippen MR) is 57.7 cm³/mol. The van der Waals surface area contributed by atoms with Crippen molar-refractivity contribution in [1.29, 1.82) is 0 Å². The molecule has 2 unspecified atom stereocenters. The molecule has 0 bridgehead atoms. The van der Waals surface area contributed by atoms with Gasteiger partial charge in [0.15, 0.2) is 0 Å². The molecule has 1 aliphatic rings. The molecule has 1 rings (SSSR count). The standard InChI is InChI=1S/C10H17F3.C2H6/c1-7(2)8-5-3-4-6-9(8)10(11,12)13;1-2/h7-9H,3-6H2,1-2H3;1-2H3. The fraction of sp³-hybridized carbons (Fsp3) is 1.00. The van der Waals surface area contributed by atoms with Gasteiger partial charge in [-0.15, -0.1) is 0 Å². The summed E-state index contributed by atoms with van der Waals surface area (Å²) in [4.78, 5) is 0. The van der Waals surface area contributed by atoms with Crippen molar-refractivity contribution in [2.75, 3.05) is 0 Å². The molecule has 0 aromatic heterocycles. The second-order valence-corrected chi connectivity index (χ2v) is 4.34. The Morgan fingerprint density at radius 1 is 1.00 bits per heavy atom. The molecule has 0 aromatic rings. The normalized spacial score (nSPS) is 27.2. The molecule has 3 heteroatoms. The molecule has 0 aromatic carbocycles. The van der Waals surface area contributed by atoms with Crippen molar-refractivity contribution in [2.45, 2.75) is 59.6 Å². The Hall–Kier alpha value is -0.210. The number of halogens is 3. The maximum Gasteiger partial charge on any atom is 0.392 e. The van der Waals surface area contributed by atoms with Crippen LogP contribution >= 0.6 is 0 Å². The number of rotatable bonds is 1. The van der Waals surface area contributed by atoms with Gasteiger partial charge in [-0.1, -0.05) is 40.5 Å². The van der Waals surface area contributed by atoms with E-state index in [9.17, 15) is 13.2 Å². The van der Waals surface area contributed by atoms with Gasteiger partial charge in [0, 0.05) is 0 Å². The first-order valence-corrected chi connectivity index (χ1v) is 5.99. The first kappa shape index (κ1) is 14.8. The molecule has 1 saturated carbocycles. The van der Waals surface area contributed by atoms with E-state index in [1.54, 1.807) is 0 Å². The van der Waals surface area contributed by atoms with E-state index in [-0.39, 0.29) is 11.8 Å². The van der Waals surface area contributed by atoms with E-state index in [1.807, 2.05) is 27.7 Å². The van der Waals surface area contributed by atoms with Gasteiger partial charge in [0.1, 0.15) is 0 Å². The Balaban J connectivity index is 0.000000921. The minimum Gasteiger partial charge on any atom is -0.171 e. The van der Waals surface area contributed by atoms with Gasteiger partial charge < -0.3 is 0 Å². The SMILES string of the molecule is CC.CC(C)C1CCCCC1C(F)(F)F. The minimum absolute atomic E-state index is 0.145. The summed E-state index contributed by atoms with van der Waals surface area (Å²) in [7, 11) is 0. The third-order valence-electron chi connectivity index (χ3n) is 3.10. The fourth-order valence-corrected chi connectivity index (χ4v) is 2.36. The summed E-state index contributed by atoms with van der Waals surface area (Å²) < 4.78 is 37.7. The molecule has 92 valence electrons. The smallest absolute Gasteiger partial charge is 0.171 e. The molecule has 0 nitrogen and oxygen atoms in total.